The molecule has 0 fully saturated rings. The van der Waals surface area contributed by atoms with E-state index in [1.54, 1.807) is 17.0 Å². The van der Waals surface area contributed by atoms with E-state index in [9.17, 15) is 18.0 Å². The van der Waals surface area contributed by atoms with Gasteiger partial charge in [-0.15, -0.1) is 0 Å². The Morgan fingerprint density at radius 1 is 1.20 bits per heavy atom. The van der Waals surface area contributed by atoms with Crippen molar-refractivity contribution < 1.29 is 17.9 Å². The molecular formula is C21H18F3N3O2S. The van der Waals surface area contributed by atoms with Crippen molar-refractivity contribution in [3.63, 3.8) is 0 Å². The Balaban J connectivity index is 1.63. The van der Waals surface area contributed by atoms with Gasteiger partial charge in [-0.25, -0.2) is 4.99 Å². The summed E-state index contributed by atoms with van der Waals surface area (Å²) in [4.78, 5) is 19.4. The molecule has 1 aliphatic rings. The highest BCUT2D eigenvalue weighted by atomic mass is 32.1. The zero-order chi connectivity index (χ0) is 21.3. The lowest BCUT2D eigenvalue weighted by molar-refractivity contribution is -0.137. The average Bonchev–Trinajstić information content (AvgIpc) is 3.04. The zero-order valence-corrected chi connectivity index (χ0v) is 16.8. The second-order valence-electron chi connectivity index (χ2n) is 6.66. The van der Waals surface area contributed by atoms with Crippen molar-refractivity contribution in [2.45, 2.75) is 19.8 Å². The van der Waals surface area contributed by atoms with Crippen LogP contribution in [0, 0.1) is 0 Å². The highest BCUT2D eigenvalue weighted by Gasteiger charge is 2.31. The predicted molar refractivity (Wildman–Crippen MR) is 109 cm³/mol. The van der Waals surface area contributed by atoms with Gasteiger partial charge in [0, 0.05) is 5.69 Å². The third kappa shape index (κ3) is 4.11. The smallest absolute Gasteiger partial charge is 0.416 e. The molecule has 2 heterocycles. The van der Waals surface area contributed by atoms with Crippen LogP contribution in [0.4, 0.5) is 18.9 Å². The van der Waals surface area contributed by atoms with Crippen molar-refractivity contribution in [1.29, 1.82) is 0 Å². The number of benzene rings is 2. The standard InChI is InChI=1S/C21H18F3N3O2S/c1-2-29-17-8-6-14(7-9-17)10-18-19(28)27-13-26(12-25-20(27)30-18)16-5-3-4-15(11-16)21(22,23)24/h3-11H,2,12-13H2,1H3/b18-10-. The van der Waals surface area contributed by atoms with E-state index < -0.39 is 11.7 Å². The summed E-state index contributed by atoms with van der Waals surface area (Å²) in [6, 6.07) is 12.4. The van der Waals surface area contributed by atoms with E-state index in [2.05, 4.69) is 4.99 Å². The molecule has 0 spiro atoms. The van der Waals surface area contributed by atoms with Gasteiger partial charge in [0.15, 0.2) is 4.80 Å². The third-order valence-electron chi connectivity index (χ3n) is 4.60. The van der Waals surface area contributed by atoms with Gasteiger partial charge < -0.3 is 9.64 Å². The molecule has 0 unspecified atom stereocenters. The van der Waals surface area contributed by atoms with E-state index in [0.717, 1.165) is 23.4 Å². The SMILES string of the molecule is CCOc1ccc(/C=c2\sc3n(c2=O)CN(c2cccc(C(F)(F)F)c2)CN=3)cc1. The molecule has 0 radical (unpaired) electrons. The summed E-state index contributed by atoms with van der Waals surface area (Å²) in [5, 5.41) is 0. The van der Waals surface area contributed by atoms with E-state index in [1.807, 2.05) is 31.2 Å². The predicted octanol–water partition coefficient (Wildman–Crippen LogP) is 3.21. The van der Waals surface area contributed by atoms with E-state index in [1.165, 1.54) is 22.0 Å². The number of halogens is 3. The first kappa shape index (κ1) is 20.2. The lowest BCUT2D eigenvalue weighted by atomic mass is 10.2. The molecule has 3 aromatic rings. The molecule has 5 nitrogen and oxygen atoms in total. The lowest BCUT2D eigenvalue weighted by Crippen LogP contribution is -2.42. The summed E-state index contributed by atoms with van der Waals surface area (Å²) in [6.45, 7) is 2.81. The van der Waals surface area contributed by atoms with Crippen LogP contribution in [0.1, 0.15) is 18.1 Å². The number of rotatable bonds is 4. The van der Waals surface area contributed by atoms with Gasteiger partial charge in [-0.3, -0.25) is 9.36 Å². The Morgan fingerprint density at radius 3 is 2.67 bits per heavy atom. The fraction of sp³-hybridized carbons (Fsp3) is 0.238. The molecule has 1 aliphatic heterocycles. The average molecular weight is 433 g/mol. The number of ether oxygens (including phenoxy) is 1. The molecule has 0 saturated carbocycles. The van der Waals surface area contributed by atoms with Crippen LogP contribution in [0.15, 0.2) is 58.3 Å². The van der Waals surface area contributed by atoms with Crippen molar-refractivity contribution in [2.75, 3.05) is 18.2 Å². The number of hydrogen-bond acceptors (Lipinski definition) is 5. The Kier molecular flexibility index (Phi) is 5.38. The van der Waals surface area contributed by atoms with Gasteiger partial charge >= 0.3 is 6.18 Å². The summed E-state index contributed by atoms with van der Waals surface area (Å²) < 4.78 is 46.4. The van der Waals surface area contributed by atoms with Crippen LogP contribution in [-0.4, -0.2) is 17.8 Å². The van der Waals surface area contributed by atoms with Crippen LogP contribution in [-0.2, 0) is 12.8 Å². The van der Waals surface area contributed by atoms with E-state index in [-0.39, 0.29) is 18.9 Å². The number of fused-ring (bicyclic) bond motifs is 1. The zero-order valence-electron chi connectivity index (χ0n) is 16.0. The van der Waals surface area contributed by atoms with Crippen LogP contribution in [0.5, 0.6) is 5.75 Å². The Hall–Kier alpha value is -3.07. The first-order chi connectivity index (χ1) is 14.3. The van der Waals surface area contributed by atoms with Gasteiger partial charge in [0.25, 0.3) is 5.56 Å². The van der Waals surface area contributed by atoms with Gasteiger partial charge in [-0.2, -0.15) is 13.2 Å². The second kappa shape index (κ2) is 7.98. The number of anilines is 1. The number of alkyl halides is 3. The first-order valence-corrected chi connectivity index (χ1v) is 10.1. The van der Waals surface area contributed by atoms with Crippen LogP contribution in [0.3, 0.4) is 0 Å². The van der Waals surface area contributed by atoms with Crippen molar-refractivity contribution in [3.05, 3.63) is 79.3 Å². The molecule has 0 aliphatic carbocycles. The number of thiazole rings is 1. The summed E-state index contributed by atoms with van der Waals surface area (Å²) in [5.41, 5.74) is 0.274. The van der Waals surface area contributed by atoms with Crippen LogP contribution in [0.25, 0.3) is 6.08 Å². The minimum absolute atomic E-state index is 0.145. The molecule has 0 atom stereocenters. The molecular weight excluding hydrogens is 415 g/mol. The van der Waals surface area contributed by atoms with Gasteiger partial charge in [0.1, 0.15) is 19.1 Å². The van der Waals surface area contributed by atoms with E-state index >= 15 is 0 Å². The fourth-order valence-corrected chi connectivity index (χ4v) is 4.09. The molecule has 2 aromatic carbocycles. The van der Waals surface area contributed by atoms with Gasteiger partial charge in [-0.05, 0) is 48.9 Å². The number of aromatic nitrogens is 1. The van der Waals surface area contributed by atoms with Crippen molar-refractivity contribution >= 4 is 23.1 Å². The topological polar surface area (TPSA) is 46.8 Å². The summed E-state index contributed by atoms with van der Waals surface area (Å²) >= 11 is 1.27. The van der Waals surface area contributed by atoms with Crippen LogP contribution in [0.2, 0.25) is 0 Å². The van der Waals surface area contributed by atoms with Crippen LogP contribution < -0.4 is 24.5 Å². The minimum atomic E-state index is -4.42. The van der Waals surface area contributed by atoms with Gasteiger partial charge in [-0.1, -0.05) is 29.5 Å². The fourth-order valence-electron chi connectivity index (χ4n) is 3.13. The highest BCUT2D eigenvalue weighted by Crippen LogP contribution is 2.31. The van der Waals surface area contributed by atoms with Crippen molar-refractivity contribution in [3.8, 4) is 5.75 Å². The quantitative estimate of drug-likeness (QED) is 0.635. The maximum Gasteiger partial charge on any atom is 0.416 e. The molecule has 0 N–H and O–H groups in total. The van der Waals surface area contributed by atoms with E-state index in [0.29, 0.717) is 21.6 Å². The molecule has 156 valence electrons. The summed E-state index contributed by atoms with van der Waals surface area (Å²) in [5.74, 6) is 0.753. The summed E-state index contributed by atoms with van der Waals surface area (Å²) in [7, 11) is 0. The molecule has 9 heteroatoms. The Labute approximate surface area is 174 Å². The lowest BCUT2D eigenvalue weighted by Gasteiger charge is -2.26. The monoisotopic (exact) mass is 433 g/mol. The molecule has 0 amide bonds. The van der Waals surface area contributed by atoms with Gasteiger partial charge in [0.2, 0.25) is 0 Å². The van der Waals surface area contributed by atoms with E-state index in [4.69, 9.17) is 4.74 Å². The molecule has 4 rings (SSSR count). The Bertz CT molecular complexity index is 1230. The first-order valence-electron chi connectivity index (χ1n) is 9.26. The second-order valence-corrected chi connectivity index (χ2v) is 7.67. The van der Waals surface area contributed by atoms with Gasteiger partial charge in [0.05, 0.1) is 16.7 Å². The number of hydrogen-bond donors (Lipinski definition) is 0. The van der Waals surface area contributed by atoms with Crippen molar-refractivity contribution in [2.24, 2.45) is 4.99 Å². The van der Waals surface area contributed by atoms with Crippen molar-refractivity contribution in [1.82, 2.24) is 4.57 Å². The van der Waals surface area contributed by atoms with Crippen LogP contribution >= 0.6 is 11.3 Å². The summed E-state index contributed by atoms with van der Waals surface area (Å²) in [6.07, 6.45) is -2.65. The molecule has 0 bridgehead atoms. The minimum Gasteiger partial charge on any atom is -0.494 e. The normalized spacial score (nSPS) is 14.4. The number of nitrogens with zero attached hydrogens (tertiary/aromatic N) is 3. The third-order valence-corrected chi connectivity index (χ3v) is 5.65. The largest absolute Gasteiger partial charge is 0.494 e. The maximum absolute atomic E-state index is 13.0. The maximum atomic E-state index is 13.0. The Morgan fingerprint density at radius 2 is 1.97 bits per heavy atom. The molecule has 30 heavy (non-hydrogen) atoms. The molecule has 1 aromatic heterocycles. The highest BCUT2D eigenvalue weighted by molar-refractivity contribution is 7.07. The molecule has 0 saturated heterocycles.